The second-order valence-corrected chi connectivity index (χ2v) is 9.40. The predicted molar refractivity (Wildman–Crippen MR) is 132 cm³/mol. The Morgan fingerprint density at radius 2 is 1.71 bits per heavy atom. The number of methoxy groups -OCH3 is 3. The highest BCUT2D eigenvalue weighted by Crippen LogP contribution is 2.46. The zero-order valence-electron chi connectivity index (χ0n) is 19.4. The number of benzene rings is 3. The van der Waals surface area contributed by atoms with Crippen LogP contribution >= 0.6 is 15.9 Å². The first-order valence-electron chi connectivity index (χ1n) is 11.2. The smallest absolute Gasteiger partial charge is 0.343 e. The van der Waals surface area contributed by atoms with Crippen molar-refractivity contribution in [2.75, 3.05) is 27.9 Å². The summed E-state index contributed by atoms with van der Waals surface area (Å²) in [5.41, 5.74) is 5.19. The van der Waals surface area contributed by atoms with E-state index in [2.05, 4.69) is 39.0 Å². The molecule has 0 saturated heterocycles. The third-order valence-corrected chi connectivity index (χ3v) is 7.18. The minimum atomic E-state index is -0.407. The SMILES string of the molecule is COc1cc2c(cc1OC)C1Cc3ccc(OC)c(OC(=O)c4cccc(Br)c4)c3CN1CC2. The molecule has 176 valence electrons. The monoisotopic (exact) mass is 523 g/mol. The lowest BCUT2D eigenvalue weighted by atomic mass is 9.83. The molecule has 0 bridgehead atoms. The number of carbonyl (C=O) groups excluding carboxylic acids is 1. The van der Waals surface area contributed by atoms with Gasteiger partial charge in [-0.3, -0.25) is 4.90 Å². The van der Waals surface area contributed by atoms with E-state index >= 15 is 0 Å². The van der Waals surface area contributed by atoms with Crippen LogP contribution in [0.4, 0.5) is 0 Å². The molecule has 0 amide bonds. The number of carbonyl (C=O) groups is 1. The summed E-state index contributed by atoms with van der Waals surface area (Å²) in [6, 6.07) is 15.6. The molecule has 34 heavy (non-hydrogen) atoms. The molecule has 0 saturated carbocycles. The van der Waals surface area contributed by atoms with Crippen LogP contribution in [0.15, 0.2) is 53.0 Å². The summed E-state index contributed by atoms with van der Waals surface area (Å²) in [5, 5.41) is 0. The number of esters is 1. The van der Waals surface area contributed by atoms with Gasteiger partial charge in [0, 0.05) is 29.2 Å². The van der Waals surface area contributed by atoms with Gasteiger partial charge in [0.05, 0.1) is 26.9 Å². The number of ether oxygens (including phenoxy) is 4. The number of nitrogens with zero attached hydrogens (tertiary/aromatic N) is 1. The van der Waals surface area contributed by atoms with E-state index < -0.39 is 5.97 Å². The molecule has 1 atom stereocenters. The summed E-state index contributed by atoms with van der Waals surface area (Å²) < 4.78 is 23.4. The van der Waals surface area contributed by atoms with E-state index in [-0.39, 0.29) is 6.04 Å². The fourth-order valence-corrected chi connectivity index (χ4v) is 5.37. The number of rotatable bonds is 5. The zero-order chi connectivity index (χ0) is 23.8. The lowest BCUT2D eigenvalue weighted by Gasteiger charge is -2.42. The summed E-state index contributed by atoms with van der Waals surface area (Å²) in [6.45, 7) is 1.58. The summed E-state index contributed by atoms with van der Waals surface area (Å²) in [7, 11) is 4.93. The van der Waals surface area contributed by atoms with Crippen molar-refractivity contribution in [2.24, 2.45) is 0 Å². The Kier molecular flexibility index (Phi) is 6.23. The van der Waals surface area contributed by atoms with Gasteiger partial charge in [-0.2, -0.15) is 0 Å². The van der Waals surface area contributed by atoms with Gasteiger partial charge in [0.2, 0.25) is 0 Å². The average Bonchev–Trinajstić information content (AvgIpc) is 2.86. The number of hydrogen-bond acceptors (Lipinski definition) is 6. The summed E-state index contributed by atoms with van der Waals surface area (Å²) in [6.07, 6.45) is 1.72. The van der Waals surface area contributed by atoms with Crippen LogP contribution in [0.2, 0.25) is 0 Å². The van der Waals surface area contributed by atoms with E-state index in [1.807, 2.05) is 18.2 Å². The first-order chi connectivity index (χ1) is 16.5. The fourth-order valence-electron chi connectivity index (χ4n) is 4.97. The van der Waals surface area contributed by atoms with Crippen molar-refractivity contribution in [1.29, 1.82) is 0 Å². The van der Waals surface area contributed by atoms with Crippen molar-refractivity contribution >= 4 is 21.9 Å². The van der Waals surface area contributed by atoms with Gasteiger partial charge in [0.15, 0.2) is 23.0 Å². The van der Waals surface area contributed by atoms with Crippen LogP contribution in [-0.2, 0) is 19.4 Å². The van der Waals surface area contributed by atoms with Gasteiger partial charge in [-0.05, 0) is 65.9 Å². The number of fused-ring (bicyclic) bond motifs is 4. The van der Waals surface area contributed by atoms with E-state index in [4.69, 9.17) is 18.9 Å². The molecule has 0 radical (unpaired) electrons. The molecule has 0 N–H and O–H groups in total. The summed E-state index contributed by atoms with van der Waals surface area (Å²) in [4.78, 5) is 15.4. The van der Waals surface area contributed by atoms with E-state index in [0.29, 0.717) is 23.6 Å². The maximum atomic E-state index is 13.0. The number of hydrogen-bond donors (Lipinski definition) is 0. The largest absolute Gasteiger partial charge is 0.493 e. The second kappa shape index (κ2) is 9.31. The first kappa shape index (κ1) is 22.7. The normalized spacial score (nSPS) is 16.6. The van der Waals surface area contributed by atoms with Crippen molar-refractivity contribution < 1.29 is 23.7 Å². The van der Waals surface area contributed by atoms with Crippen molar-refractivity contribution in [1.82, 2.24) is 4.90 Å². The minimum Gasteiger partial charge on any atom is -0.493 e. The molecule has 2 aliphatic heterocycles. The zero-order valence-corrected chi connectivity index (χ0v) is 21.0. The van der Waals surface area contributed by atoms with Crippen molar-refractivity contribution in [3.8, 4) is 23.0 Å². The molecule has 7 heteroatoms. The van der Waals surface area contributed by atoms with Gasteiger partial charge in [-0.1, -0.05) is 28.1 Å². The first-order valence-corrected chi connectivity index (χ1v) is 12.0. The fraction of sp³-hybridized carbons (Fsp3) is 0.296. The molecule has 3 aromatic carbocycles. The highest BCUT2D eigenvalue weighted by molar-refractivity contribution is 9.10. The highest BCUT2D eigenvalue weighted by atomic mass is 79.9. The van der Waals surface area contributed by atoms with Gasteiger partial charge in [-0.25, -0.2) is 4.79 Å². The number of halogens is 1. The standard InChI is InChI=1S/C27H26BrNO5/c1-31-23-8-7-16-12-22-20-14-25(33-3)24(32-2)13-17(20)9-10-29(22)15-21(16)26(23)34-27(30)18-5-4-6-19(28)11-18/h4-8,11,13-14,22H,9-10,12,15H2,1-3H3. The Bertz CT molecular complexity index is 1260. The molecule has 1 unspecified atom stereocenters. The van der Waals surface area contributed by atoms with Crippen LogP contribution in [0.25, 0.3) is 0 Å². The van der Waals surface area contributed by atoms with Gasteiger partial charge in [0.1, 0.15) is 0 Å². The van der Waals surface area contributed by atoms with Crippen LogP contribution in [-0.4, -0.2) is 38.7 Å². The Morgan fingerprint density at radius 3 is 2.44 bits per heavy atom. The quantitative estimate of drug-likeness (QED) is 0.332. The molecular weight excluding hydrogens is 498 g/mol. The second-order valence-electron chi connectivity index (χ2n) is 8.48. The van der Waals surface area contributed by atoms with E-state index in [0.717, 1.165) is 46.5 Å². The van der Waals surface area contributed by atoms with Crippen LogP contribution in [0.1, 0.15) is 38.7 Å². The molecule has 6 nitrogen and oxygen atoms in total. The molecule has 0 aromatic heterocycles. The average molecular weight is 524 g/mol. The summed E-state index contributed by atoms with van der Waals surface area (Å²) in [5.74, 6) is 2.16. The molecule has 2 aliphatic rings. The molecule has 0 fully saturated rings. The van der Waals surface area contributed by atoms with Crippen molar-refractivity contribution in [3.63, 3.8) is 0 Å². The maximum absolute atomic E-state index is 13.0. The Morgan fingerprint density at radius 1 is 0.941 bits per heavy atom. The Hall–Kier alpha value is -3.03. The van der Waals surface area contributed by atoms with Crippen LogP contribution < -0.4 is 18.9 Å². The summed E-state index contributed by atoms with van der Waals surface area (Å²) >= 11 is 3.42. The van der Waals surface area contributed by atoms with Crippen molar-refractivity contribution in [2.45, 2.75) is 25.4 Å². The van der Waals surface area contributed by atoms with Crippen molar-refractivity contribution in [3.05, 3.63) is 80.8 Å². The lowest BCUT2D eigenvalue weighted by molar-refractivity contribution is 0.0722. The Labute approximate surface area is 207 Å². The van der Waals surface area contributed by atoms with E-state index in [1.165, 1.54) is 11.1 Å². The molecule has 5 rings (SSSR count). The van der Waals surface area contributed by atoms with Crippen LogP contribution in [0, 0.1) is 0 Å². The van der Waals surface area contributed by atoms with Gasteiger partial charge >= 0.3 is 5.97 Å². The van der Waals surface area contributed by atoms with Gasteiger partial charge < -0.3 is 18.9 Å². The maximum Gasteiger partial charge on any atom is 0.343 e. The topological polar surface area (TPSA) is 57.2 Å². The van der Waals surface area contributed by atoms with Gasteiger partial charge in [0.25, 0.3) is 0 Å². The minimum absolute atomic E-state index is 0.220. The highest BCUT2D eigenvalue weighted by Gasteiger charge is 2.35. The molecule has 0 spiro atoms. The Balaban J connectivity index is 1.51. The lowest BCUT2D eigenvalue weighted by Crippen LogP contribution is -2.39. The van der Waals surface area contributed by atoms with Crippen LogP contribution in [0.3, 0.4) is 0 Å². The van der Waals surface area contributed by atoms with E-state index in [1.54, 1.807) is 33.5 Å². The third kappa shape index (κ3) is 4.03. The molecule has 0 aliphatic carbocycles. The molecular formula is C27H26BrNO5. The predicted octanol–water partition coefficient (Wildman–Crippen LogP) is 5.35. The van der Waals surface area contributed by atoms with Gasteiger partial charge in [-0.15, -0.1) is 0 Å². The third-order valence-electron chi connectivity index (χ3n) is 6.68. The molecule has 2 heterocycles. The van der Waals surface area contributed by atoms with E-state index in [9.17, 15) is 4.79 Å². The van der Waals surface area contributed by atoms with Crippen LogP contribution in [0.5, 0.6) is 23.0 Å². The molecule has 3 aromatic rings.